The molecule has 0 saturated carbocycles. The van der Waals surface area contributed by atoms with Crippen LogP contribution in [0.1, 0.15) is 9.67 Å². The maximum absolute atomic E-state index is 12.2. The summed E-state index contributed by atoms with van der Waals surface area (Å²) < 4.78 is 5.49. The largest absolute Gasteiger partial charge is 0.366 e. The van der Waals surface area contributed by atoms with Crippen LogP contribution in [-0.2, 0) is 9.53 Å². The normalized spacial score (nSPS) is 18.1. The van der Waals surface area contributed by atoms with Crippen molar-refractivity contribution in [3.05, 3.63) is 46.7 Å². The number of amides is 2. The van der Waals surface area contributed by atoms with Gasteiger partial charge in [0.05, 0.1) is 11.5 Å². The van der Waals surface area contributed by atoms with Gasteiger partial charge in [0.2, 0.25) is 0 Å². The van der Waals surface area contributed by atoms with Gasteiger partial charge in [0, 0.05) is 24.5 Å². The van der Waals surface area contributed by atoms with Crippen LogP contribution in [0.5, 0.6) is 0 Å². The van der Waals surface area contributed by atoms with Gasteiger partial charge in [-0.3, -0.25) is 9.59 Å². The van der Waals surface area contributed by atoms with E-state index in [-0.39, 0.29) is 11.8 Å². The van der Waals surface area contributed by atoms with Crippen molar-refractivity contribution in [2.75, 3.05) is 37.4 Å². The SMILES string of the molecule is CN1CCO[C@@H](C(=O)Nc2ccc(NC(=O)c3cccs3)cc2)C1. The van der Waals surface area contributed by atoms with Crippen molar-refractivity contribution in [1.29, 1.82) is 0 Å². The van der Waals surface area contributed by atoms with Gasteiger partial charge in [-0.1, -0.05) is 6.07 Å². The number of rotatable bonds is 4. The first-order valence-electron chi connectivity index (χ1n) is 7.68. The number of carbonyl (C=O) groups is 2. The van der Waals surface area contributed by atoms with Gasteiger partial charge in [-0.2, -0.15) is 0 Å². The van der Waals surface area contributed by atoms with Gasteiger partial charge in [-0.15, -0.1) is 11.3 Å². The Labute approximate surface area is 144 Å². The highest BCUT2D eigenvalue weighted by Crippen LogP contribution is 2.17. The van der Waals surface area contributed by atoms with Crippen LogP contribution in [0.15, 0.2) is 41.8 Å². The van der Waals surface area contributed by atoms with Crippen molar-refractivity contribution >= 4 is 34.5 Å². The number of anilines is 2. The Morgan fingerprint density at radius 2 is 1.88 bits per heavy atom. The maximum atomic E-state index is 12.2. The van der Waals surface area contributed by atoms with E-state index in [1.807, 2.05) is 18.5 Å². The van der Waals surface area contributed by atoms with Crippen LogP contribution >= 0.6 is 11.3 Å². The summed E-state index contributed by atoms with van der Waals surface area (Å²) in [7, 11) is 1.97. The second-order valence-corrected chi connectivity index (χ2v) is 6.57. The van der Waals surface area contributed by atoms with E-state index < -0.39 is 6.10 Å². The fraction of sp³-hybridized carbons (Fsp3) is 0.294. The van der Waals surface area contributed by atoms with Gasteiger partial charge in [-0.05, 0) is 42.8 Å². The fourth-order valence-electron chi connectivity index (χ4n) is 2.40. The number of nitrogens with one attached hydrogen (secondary N) is 2. The van der Waals surface area contributed by atoms with E-state index >= 15 is 0 Å². The molecule has 2 amide bonds. The van der Waals surface area contributed by atoms with Crippen LogP contribution in [0.3, 0.4) is 0 Å². The number of morpholine rings is 1. The predicted octanol–water partition coefficient (Wildman–Crippen LogP) is 2.27. The third-order valence-electron chi connectivity index (χ3n) is 3.72. The average Bonchev–Trinajstić information content (AvgIpc) is 3.11. The van der Waals surface area contributed by atoms with Crippen molar-refractivity contribution in [2.45, 2.75) is 6.10 Å². The molecule has 2 N–H and O–H groups in total. The molecule has 2 aromatic rings. The molecule has 2 heterocycles. The molecule has 24 heavy (non-hydrogen) atoms. The molecule has 1 aromatic heterocycles. The number of ether oxygens (including phenoxy) is 1. The van der Waals surface area contributed by atoms with E-state index in [1.165, 1.54) is 11.3 Å². The number of hydrogen-bond donors (Lipinski definition) is 2. The number of hydrogen-bond acceptors (Lipinski definition) is 5. The highest BCUT2D eigenvalue weighted by molar-refractivity contribution is 7.12. The summed E-state index contributed by atoms with van der Waals surface area (Å²) in [6.45, 7) is 1.98. The molecule has 1 fully saturated rings. The molecular weight excluding hydrogens is 326 g/mol. The average molecular weight is 345 g/mol. The zero-order valence-corrected chi connectivity index (χ0v) is 14.1. The zero-order valence-electron chi connectivity index (χ0n) is 13.3. The molecule has 1 aliphatic heterocycles. The molecule has 1 aromatic carbocycles. The molecule has 0 radical (unpaired) electrons. The van der Waals surface area contributed by atoms with E-state index in [2.05, 4.69) is 15.5 Å². The van der Waals surface area contributed by atoms with Crippen LogP contribution < -0.4 is 10.6 Å². The second kappa shape index (κ2) is 7.57. The Balaban J connectivity index is 1.56. The van der Waals surface area contributed by atoms with Crippen LogP contribution in [0.4, 0.5) is 11.4 Å². The van der Waals surface area contributed by atoms with Crippen molar-refractivity contribution in [1.82, 2.24) is 4.90 Å². The molecule has 0 spiro atoms. The number of nitrogens with zero attached hydrogens (tertiary/aromatic N) is 1. The third-order valence-corrected chi connectivity index (χ3v) is 4.59. The zero-order chi connectivity index (χ0) is 16.9. The minimum Gasteiger partial charge on any atom is -0.366 e. The van der Waals surface area contributed by atoms with Gasteiger partial charge < -0.3 is 20.3 Å². The van der Waals surface area contributed by atoms with E-state index in [1.54, 1.807) is 30.3 Å². The quantitative estimate of drug-likeness (QED) is 0.892. The predicted molar refractivity (Wildman–Crippen MR) is 94.6 cm³/mol. The molecule has 6 nitrogen and oxygen atoms in total. The number of carbonyl (C=O) groups excluding carboxylic acids is 2. The lowest BCUT2D eigenvalue weighted by atomic mass is 10.2. The Kier molecular flexibility index (Phi) is 5.24. The van der Waals surface area contributed by atoms with Crippen LogP contribution in [0.2, 0.25) is 0 Å². The first-order valence-corrected chi connectivity index (χ1v) is 8.56. The van der Waals surface area contributed by atoms with E-state index in [4.69, 9.17) is 4.74 Å². The molecule has 7 heteroatoms. The van der Waals surface area contributed by atoms with E-state index in [0.717, 1.165) is 6.54 Å². The summed E-state index contributed by atoms with van der Waals surface area (Å²) in [5.74, 6) is -0.294. The number of benzene rings is 1. The topological polar surface area (TPSA) is 70.7 Å². The van der Waals surface area contributed by atoms with E-state index in [0.29, 0.717) is 29.4 Å². The van der Waals surface area contributed by atoms with Crippen LogP contribution in [0, 0.1) is 0 Å². The minimum atomic E-state index is -0.457. The second-order valence-electron chi connectivity index (χ2n) is 5.62. The van der Waals surface area contributed by atoms with Crippen molar-refractivity contribution < 1.29 is 14.3 Å². The Morgan fingerprint density at radius 3 is 2.50 bits per heavy atom. The molecule has 0 unspecified atom stereocenters. The Morgan fingerprint density at radius 1 is 1.17 bits per heavy atom. The molecular formula is C17H19N3O3S. The lowest BCUT2D eigenvalue weighted by molar-refractivity contribution is -0.132. The highest BCUT2D eigenvalue weighted by atomic mass is 32.1. The summed E-state index contributed by atoms with van der Waals surface area (Å²) >= 11 is 1.39. The highest BCUT2D eigenvalue weighted by Gasteiger charge is 2.24. The van der Waals surface area contributed by atoms with Crippen molar-refractivity contribution in [3.63, 3.8) is 0 Å². The summed E-state index contributed by atoms with van der Waals surface area (Å²) in [4.78, 5) is 26.9. The maximum Gasteiger partial charge on any atom is 0.265 e. The lowest BCUT2D eigenvalue weighted by Crippen LogP contribution is -2.46. The van der Waals surface area contributed by atoms with Crippen molar-refractivity contribution in [3.8, 4) is 0 Å². The van der Waals surface area contributed by atoms with Gasteiger partial charge in [0.25, 0.3) is 11.8 Å². The molecule has 126 valence electrons. The van der Waals surface area contributed by atoms with Crippen LogP contribution in [0.25, 0.3) is 0 Å². The summed E-state index contributed by atoms with van der Waals surface area (Å²) in [5.41, 5.74) is 1.35. The molecule has 0 aliphatic carbocycles. The number of thiophene rings is 1. The summed E-state index contributed by atoms with van der Waals surface area (Å²) in [5, 5.41) is 7.52. The molecule has 0 bridgehead atoms. The molecule has 1 saturated heterocycles. The fourth-order valence-corrected chi connectivity index (χ4v) is 3.02. The first-order chi connectivity index (χ1) is 11.6. The third kappa shape index (κ3) is 4.19. The molecule has 1 aliphatic rings. The van der Waals surface area contributed by atoms with Crippen molar-refractivity contribution in [2.24, 2.45) is 0 Å². The summed E-state index contributed by atoms with van der Waals surface area (Å²) in [6, 6.07) is 10.6. The minimum absolute atomic E-state index is 0.138. The van der Waals surface area contributed by atoms with Gasteiger partial charge in [0.15, 0.2) is 0 Å². The van der Waals surface area contributed by atoms with Crippen LogP contribution in [-0.4, -0.2) is 49.6 Å². The van der Waals surface area contributed by atoms with E-state index in [9.17, 15) is 9.59 Å². The molecule has 3 rings (SSSR count). The smallest absolute Gasteiger partial charge is 0.265 e. The first kappa shape index (κ1) is 16.6. The standard InChI is InChI=1S/C17H19N3O3S/c1-20-8-9-23-14(11-20)16(21)18-12-4-6-13(7-5-12)19-17(22)15-3-2-10-24-15/h2-7,10,14H,8-9,11H2,1H3,(H,18,21)(H,19,22)/t14-/m1/s1. The monoisotopic (exact) mass is 345 g/mol. The Bertz CT molecular complexity index is 700. The van der Waals surface area contributed by atoms with Gasteiger partial charge in [0.1, 0.15) is 6.10 Å². The van der Waals surface area contributed by atoms with Gasteiger partial charge >= 0.3 is 0 Å². The summed E-state index contributed by atoms with van der Waals surface area (Å²) in [6.07, 6.45) is -0.457. The number of likely N-dealkylation sites (N-methyl/N-ethyl adjacent to an activating group) is 1. The van der Waals surface area contributed by atoms with Gasteiger partial charge in [-0.25, -0.2) is 0 Å². The lowest BCUT2D eigenvalue weighted by Gasteiger charge is -2.29. The Hall–Kier alpha value is -2.22. The molecule has 1 atom stereocenters.